The Morgan fingerprint density at radius 1 is 1.15 bits per heavy atom. The molecule has 0 aromatic heterocycles. The summed E-state index contributed by atoms with van der Waals surface area (Å²) in [7, 11) is 1.69. The molecule has 0 amide bonds. The van der Waals surface area contributed by atoms with Crippen LogP contribution in [0.1, 0.15) is 50.6 Å². The van der Waals surface area contributed by atoms with Gasteiger partial charge < -0.3 is 14.8 Å². The molecule has 1 aromatic carbocycles. The first-order chi connectivity index (χ1) is 9.79. The summed E-state index contributed by atoms with van der Waals surface area (Å²) in [4.78, 5) is 0. The number of hydrogen-bond donors (Lipinski definition) is 1. The molecular weight excluding hydrogens is 250 g/mol. The van der Waals surface area contributed by atoms with Crippen LogP contribution >= 0.6 is 0 Å². The van der Waals surface area contributed by atoms with Gasteiger partial charge in [-0.15, -0.1) is 0 Å². The van der Waals surface area contributed by atoms with Crippen LogP contribution < -0.4 is 10.1 Å². The molecule has 112 valence electrons. The lowest BCUT2D eigenvalue weighted by Crippen LogP contribution is -2.26. The van der Waals surface area contributed by atoms with Crippen LogP contribution in [-0.2, 0) is 4.74 Å². The summed E-state index contributed by atoms with van der Waals surface area (Å²) in [6.45, 7) is 3.90. The SMILES string of the molecule is COc1ccc(C(C)NCCOC2CCCCC2)cc1. The molecule has 1 saturated carbocycles. The summed E-state index contributed by atoms with van der Waals surface area (Å²) >= 11 is 0. The average Bonchev–Trinajstić information content (AvgIpc) is 2.52. The molecule has 1 N–H and O–H groups in total. The summed E-state index contributed by atoms with van der Waals surface area (Å²) in [5.74, 6) is 0.904. The normalized spacial score (nSPS) is 17.9. The van der Waals surface area contributed by atoms with Crippen LogP contribution in [0.5, 0.6) is 5.75 Å². The molecule has 0 radical (unpaired) electrons. The minimum absolute atomic E-state index is 0.343. The third-order valence-electron chi connectivity index (χ3n) is 4.07. The smallest absolute Gasteiger partial charge is 0.118 e. The second-order valence-corrected chi connectivity index (χ2v) is 5.58. The van der Waals surface area contributed by atoms with Gasteiger partial charge in [0.2, 0.25) is 0 Å². The monoisotopic (exact) mass is 277 g/mol. The molecule has 3 nitrogen and oxygen atoms in total. The minimum Gasteiger partial charge on any atom is -0.497 e. The summed E-state index contributed by atoms with van der Waals surface area (Å²) in [5, 5.41) is 3.51. The van der Waals surface area contributed by atoms with Gasteiger partial charge in [0.25, 0.3) is 0 Å². The van der Waals surface area contributed by atoms with Gasteiger partial charge in [-0.25, -0.2) is 0 Å². The maximum Gasteiger partial charge on any atom is 0.118 e. The van der Waals surface area contributed by atoms with Gasteiger partial charge in [-0.1, -0.05) is 31.4 Å². The highest BCUT2D eigenvalue weighted by molar-refractivity contribution is 5.28. The number of rotatable bonds is 7. The fourth-order valence-electron chi connectivity index (χ4n) is 2.74. The molecule has 0 heterocycles. The van der Waals surface area contributed by atoms with E-state index < -0.39 is 0 Å². The van der Waals surface area contributed by atoms with Crippen molar-refractivity contribution in [2.75, 3.05) is 20.3 Å². The highest BCUT2D eigenvalue weighted by Crippen LogP contribution is 2.20. The van der Waals surface area contributed by atoms with E-state index in [4.69, 9.17) is 9.47 Å². The Morgan fingerprint density at radius 2 is 1.85 bits per heavy atom. The van der Waals surface area contributed by atoms with Gasteiger partial charge in [0.05, 0.1) is 19.8 Å². The van der Waals surface area contributed by atoms with E-state index in [2.05, 4.69) is 24.4 Å². The lowest BCUT2D eigenvalue weighted by Gasteiger charge is -2.22. The topological polar surface area (TPSA) is 30.5 Å². The zero-order valence-electron chi connectivity index (χ0n) is 12.7. The van der Waals surface area contributed by atoms with E-state index in [1.165, 1.54) is 37.7 Å². The van der Waals surface area contributed by atoms with Gasteiger partial charge in [0.1, 0.15) is 5.75 Å². The fourth-order valence-corrected chi connectivity index (χ4v) is 2.74. The van der Waals surface area contributed by atoms with Gasteiger partial charge in [-0.3, -0.25) is 0 Å². The Morgan fingerprint density at radius 3 is 2.50 bits per heavy atom. The molecular formula is C17H27NO2. The number of ether oxygens (including phenoxy) is 2. The third kappa shape index (κ3) is 4.80. The summed E-state index contributed by atoms with van der Waals surface area (Å²) < 4.78 is 11.1. The van der Waals surface area contributed by atoms with Crippen LogP contribution in [0.4, 0.5) is 0 Å². The molecule has 0 bridgehead atoms. The maximum absolute atomic E-state index is 5.92. The van der Waals surface area contributed by atoms with Crippen molar-refractivity contribution in [3.63, 3.8) is 0 Å². The van der Waals surface area contributed by atoms with Crippen LogP contribution in [0.2, 0.25) is 0 Å². The molecule has 0 aliphatic heterocycles. The molecule has 2 rings (SSSR count). The zero-order valence-corrected chi connectivity index (χ0v) is 12.7. The fraction of sp³-hybridized carbons (Fsp3) is 0.647. The molecule has 1 fully saturated rings. The van der Waals surface area contributed by atoms with Crippen LogP contribution in [0.15, 0.2) is 24.3 Å². The second kappa shape index (κ2) is 8.28. The van der Waals surface area contributed by atoms with E-state index in [9.17, 15) is 0 Å². The Kier molecular flexibility index (Phi) is 6.34. The molecule has 0 saturated heterocycles. The molecule has 1 aliphatic rings. The van der Waals surface area contributed by atoms with Crippen molar-refractivity contribution in [3.8, 4) is 5.75 Å². The van der Waals surface area contributed by atoms with E-state index in [0.29, 0.717) is 12.1 Å². The first-order valence-electron chi connectivity index (χ1n) is 7.78. The molecule has 3 heteroatoms. The first-order valence-corrected chi connectivity index (χ1v) is 7.78. The Labute approximate surface area is 122 Å². The summed E-state index contributed by atoms with van der Waals surface area (Å²) in [6.07, 6.45) is 7.04. The molecule has 1 aromatic rings. The second-order valence-electron chi connectivity index (χ2n) is 5.58. The zero-order chi connectivity index (χ0) is 14.2. The van der Waals surface area contributed by atoms with Crippen LogP contribution in [0.25, 0.3) is 0 Å². The predicted octanol–water partition coefficient (Wildman–Crippen LogP) is 3.70. The average molecular weight is 277 g/mol. The van der Waals surface area contributed by atoms with E-state index in [-0.39, 0.29) is 0 Å². The number of methoxy groups -OCH3 is 1. The van der Waals surface area contributed by atoms with Crippen molar-refractivity contribution in [3.05, 3.63) is 29.8 Å². The van der Waals surface area contributed by atoms with E-state index in [1.807, 2.05) is 12.1 Å². The van der Waals surface area contributed by atoms with Crippen LogP contribution in [0.3, 0.4) is 0 Å². The third-order valence-corrected chi connectivity index (χ3v) is 4.07. The Balaban J connectivity index is 1.64. The van der Waals surface area contributed by atoms with Crippen LogP contribution in [-0.4, -0.2) is 26.4 Å². The molecule has 1 atom stereocenters. The van der Waals surface area contributed by atoms with Crippen molar-refractivity contribution in [1.29, 1.82) is 0 Å². The number of hydrogen-bond acceptors (Lipinski definition) is 3. The van der Waals surface area contributed by atoms with Crippen molar-refractivity contribution in [2.24, 2.45) is 0 Å². The van der Waals surface area contributed by atoms with Crippen molar-refractivity contribution < 1.29 is 9.47 Å². The standard InChI is InChI=1S/C17H27NO2/c1-14(15-8-10-16(19-2)11-9-15)18-12-13-20-17-6-4-3-5-7-17/h8-11,14,17-18H,3-7,12-13H2,1-2H3. The van der Waals surface area contributed by atoms with Crippen LogP contribution in [0, 0.1) is 0 Å². The minimum atomic E-state index is 0.343. The lowest BCUT2D eigenvalue weighted by molar-refractivity contribution is 0.0295. The van der Waals surface area contributed by atoms with E-state index in [1.54, 1.807) is 7.11 Å². The van der Waals surface area contributed by atoms with Crippen molar-refractivity contribution >= 4 is 0 Å². The highest BCUT2D eigenvalue weighted by atomic mass is 16.5. The molecule has 20 heavy (non-hydrogen) atoms. The van der Waals surface area contributed by atoms with Gasteiger partial charge in [0.15, 0.2) is 0 Å². The summed E-state index contributed by atoms with van der Waals surface area (Å²) in [6, 6.07) is 8.57. The molecule has 0 spiro atoms. The van der Waals surface area contributed by atoms with Gasteiger partial charge in [-0.05, 0) is 37.5 Å². The molecule has 1 aliphatic carbocycles. The Hall–Kier alpha value is -1.06. The van der Waals surface area contributed by atoms with E-state index in [0.717, 1.165) is 18.9 Å². The number of nitrogens with one attached hydrogen (secondary N) is 1. The predicted molar refractivity (Wildman–Crippen MR) is 82.2 cm³/mol. The molecule has 1 unspecified atom stereocenters. The largest absolute Gasteiger partial charge is 0.497 e. The first kappa shape index (κ1) is 15.3. The van der Waals surface area contributed by atoms with Crippen molar-refractivity contribution in [2.45, 2.75) is 51.2 Å². The Bertz CT molecular complexity index is 371. The lowest BCUT2D eigenvalue weighted by atomic mass is 9.98. The van der Waals surface area contributed by atoms with Gasteiger partial charge >= 0.3 is 0 Å². The quantitative estimate of drug-likeness (QED) is 0.771. The van der Waals surface area contributed by atoms with Gasteiger partial charge in [-0.2, -0.15) is 0 Å². The van der Waals surface area contributed by atoms with Crippen molar-refractivity contribution in [1.82, 2.24) is 5.32 Å². The van der Waals surface area contributed by atoms with Gasteiger partial charge in [0, 0.05) is 12.6 Å². The number of benzene rings is 1. The summed E-state index contributed by atoms with van der Waals surface area (Å²) in [5.41, 5.74) is 1.28. The highest BCUT2D eigenvalue weighted by Gasteiger charge is 2.13. The maximum atomic E-state index is 5.92. The van der Waals surface area contributed by atoms with E-state index >= 15 is 0 Å².